The van der Waals surface area contributed by atoms with Gasteiger partial charge in [-0.2, -0.15) is 0 Å². The molecule has 0 radical (unpaired) electrons. The molecule has 0 saturated heterocycles. The number of alkyl halides is 1. The molecule has 0 aromatic carbocycles. The second-order valence-electron chi connectivity index (χ2n) is 2.62. The highest BCUT2D eigenvalue weighted by Gasteiger charge is 2.04. The lowest BCUT2D eigenvalue weighted by molar-refractivity contribution is -0.144. The van der Waals surface area contributed by atoms with E-state index >= 15 is 0 Å². The van der Waals surface area contributed by atoms with Crippen LogP contribution in [0.1, 0.15) is 26.7 Å². The minimum absolute atomic E-state index is 0.133. The first-order chi connectivity index (χ1) is 5.20. The van der Waals surface area contributed by atoms with Crippen LogP contribution in [0.5, 0.6) is 0 Å². The first-order valence-corrected chi connectivity index (χ1v) is 4.45. The quantitative estimate of drug-likeness (QED) is 0.477. The SMILES string of the molecule is CCC(=O)OCC(C)CCCl. The number of carbonyl (C=O) groups is 1. The standard InChI is InChI=1S/C8H15ClO2/c1-3-8(10)11-6-7(2)4-5-9/h7H,3-6H2,1-2H3. The molecule has 0 saturated carbocycles. The van der Waals surface area contributed by atoms with Crippen LogP contribution in [0.15, 0.2) is 0 Å². The average Bonchev–Trinajstić information content (AvgIpc) is 2.01. The molecule has 0 aromatic heterocycles. The molecule has 1 unspecified atom stereocenters. The Morgan fingerprint density at radius 2 is 2.27 bits per heavy atom. The van der Waals surface area contributed by atoms with Crippen molar-refractivity contribution in [1.82, 2.24) is 0 Å². The molecule has 0 N–H and O–H groups in total. The molecule has 1 atom stereocenters. The maximum absolute atomic E-state index is 10.7. The molecule has 0 heterocycles. The highest BCUT2D eigenvalue weighted by molar-refractivity contribution is 6.17. The summed E-state index contributed by atoms with van der Waals surface area (Å²) < 4.78 is 4.91. The smallest absolute Gasteiger partial charge is 0.305 e. The lowest BCUT2D eigenvalue weighted by atomic mass is 10.1. The number of hydrogen-bond donors (Lipinski definition) is 0. The van der Waals surface area contributed by atoms with Gasteiger partial charge in [-0.3, -0.25) is 4.79 Å². The van der Waals surface area contributed by atoms with E-state index < -0.39 is 0 Å². The Balaban J connectivity index is 3.29. The summed E-state index contributed by atoms with van der Waals surface area (Å²) in [7, 11) is 0. The van der Waals surface area contributed by atoms with E-state index in [2.05, 4.69) is 0 Å². The first kappa shape index (κ1) is 10.8. The Labute approximate surface area is 72.9 Å². The minimum atomic E-state index is -0.133. The lowest BCUT2D eigenvalue weighted by Gasteiger charge is -2.08. The Bertz CT molecular complexity index is 115. The van der Waals surface area contributed by atoms with Gasteiger partial charge in [-0.05, 0) is 12.3 Å². The predicted molar refractivity (Wildman–Crippen MR) is 45.8 cm³/mol. The van der Waals surface area contributed by atoms with Crippen molar-refractivity contribution in [3.05, 3.63) is 0 Å². The summed E-state index contributed by atoms with van der Waals surface area (Å²) >= 11 is 5.51. The van der Waals surface area contributed by atoms with E-state index in [4.69, 9.17) is 16.3 Å². The van der Waals surface area contributed by atoms with Crippen LogP contribution in [0.3, 0.4) is 0 Å². The molecule has 3 heteroatoms. The van der Waals surface area contributed by atoms with Crippen molar-refractivity contribution in [2.75, 3.05) is 12.5 Å². The molecule has 0 rings (SSSR count). The summed E-state index contributed by atoms with van der Waals surface area (Å²) in [6, 6.07) is 0. The Hall–Kier alpha value is -0.240. The van der Waals surface area contributed by atoms with Crippen molar-refractivity contribution in [2.45, 2.75) is 26.7 Å². The van der Waals surface area contributed by atoms with Gasteiger partial charge in [-0.15, -0.1) is 11.6 Å². The summed E-state index contributed by atoms with van der Waals surface area (Å²) in [4.78, 5) is 10.7. The molecule has 0 aromatic rings. The monoisotopic (exact) mass is 178 g/mol. The van der Waals surface area contributed by atoms with Crippen molar-refractivity contribution >= 4 is 17.6 Å². The third-order valence-electron chi connectivity index (χ3n) is 1.42. The molecule has 0 bridgehead atoms. The Morgan fingerprint density at radius 3 is 2.73 bits per heavy atom. The van der Waals surface area contributed by atoms with Crippen LogP contribution in [0.25, 0.3) is 0 Å². The molecular formula is C8H15ClO2. The molecule has 0 spiro atoms. The summed E-state index contributed by atoms with van der Waals surface area (Å²) in [5, 5.41) is 0. The van der Waals surface area contributed by atoms with Gasteiger partial charge in [-0.25, -0.2) is 0 Å². The number of carbonyl (C=O) groups excluding carboxylic acids is 1. The van der Waals surface area contributed by atoms with Crippen molar-refractivity contribution < 1.29 is 9.53 Å². The lowest BCUT2D eigenvalue weighted by Crippen LogP contribution is -2.11. The fraction of sp³-hybridized carbons (Fsp3) is 0.875. The van der Waals surface area contributed by atoms with E-state index in [0.717, 1.165) is 6.42 Å². The summed E-state index contributed by atoms with van der Waals surface area (Å²) in [6.45, 7) is 4.30. The second kappa shape index (κ2) is 6.47. The van der Waals surface area contributed by atoms with Crippen molar-refractivity contribution in [3.63, 3.8) is 0 Å². The van der Waals surface area contributed by atoms with Crippen LogP contribution < -0.4 is 0 Å². The highest BCUT2D eigenvalue weighted by Crippen LogP contribution is 2.03. The molecule has 2 nitrogen and oxygen atoms in total. The Kier molecular flexibility index (Phi) is 6.33. The average molecular weight is 179 g/mol. The summed E-state index contributed by atoms with van der Waals surface area (Å²) in [5.74, 6) is 0.875. The molecule has 11 heavy (non-hydrogen) atoms. The first-order valence-electron chi connectivity index (χ1n) is 3.92. The maximum atomic E-state index is 10.7. The third-order valence-corrected chi connectivity index (χ3v) is 1.64. The number of halogens is 1. The van der Waals surface area contributed by atoms with Crippen LogP contribution in [-0.4, -0.2) is 18.5 Å². The van der Waals surface area contributed by atoms with E-state index in [1.807, 2.05) is 6.92 Å². The van der Waals surface area contributed by atoms with E-state index in [-0.39, 0.29) is 5.97 Å². The number of ether oxygens (including phenoxy) is 1. The molecule has 66 valence electrons. The van der Waals surface area contributed by atoms with Crippen LogP contribution in [-0.2, 0) is 9.53 Å². The number of esters is 1. The van der Waals surface area contributed by atoms with Crippen LogP contribution >= 0.6 is 11.6 Å². The molecular weight excluding hydrogens is 164 g/mol. The Morgan fingerprint density at radius 1 is 1.64 bits per heavy atom. The topological polar surface area (TPSA) is 26.3 Å². The van der Waals surface area contributed by atoms with Gasteiger partial charge in [-0.1, -0.05) is 13.8 Å². The van der Waals surface area contributed by atoms with Gasteiger partial charge < -0.3 is 4.74 Å². The number of rotatable bonds is 5. The van der Waals surface area contributed by atoms with Gasteiger partial charge in [0, 0.05) is 12.3 Å². The molecule has 0 amide bonds. The second-order valence-corrected chi connectivity index (χ2v) is 3.00. The van der Waals surface area contributed by atoms with Gasteiger partial charge in [0.1, 0.15) is 0 Å². The van der Waals surface area contributed by atoms with E-state index in [9.17, 15) is 4.79 Å². The normalized spacial score (nSPS) is 12.6. The predicted octanol–water partition coefficient (Wildman–Crippen LogP) is 2.20. The van der Waals surface area contributed by atoms with E-state index in [0.29, 0.717) is 24.8 Å². The van der Waals surface area contributed by atoms with Crippen molar-refractivity contribution in [2.24, 2.45) is 5.92 Å². The summed E-state index contributed by atoms with van der Waals surface area (Å²) in [6.07, 6.45) is 1.35. The van der Waals surface area contributed by atoms with Crippen LogP contribution in [0.2, 0.25) is 0 Å². The molecule has 0 aliphatic heterocycles. The third kappa shape index (κ3) is 6.17. The van der Waals surface area contributed by atoms with E-state index in [1.54, 1.807) is 6.92 Å². The van der Waals surface area contributed by atoms with E-state index in [1.165, 1.54) is 0 Å². The zero-order valence-corrected chi connectivity index (χ0v) is 7.86. The fourth-order valence-electron chi connectivity index (χ4n) is 0.607. The number of hydrogen-bond acceptors (Lipinski definition) is 2. The fourth-order valence-corrected chi connectivity index (χ4v) is 0.979. The van der Waals surface area contributed by atoms with Crippen LogP contribution in [0.4, 0.5) is 0 Å². The minimum Gasteiger partial charge on any atom is -0.465 e. The van der Waals surface area contributed by atoms with Crippen molar-refractivity contribution in [3.8, 4) is 0 Å². The van der Waals surface area contributed by atoms with Gasteiger partial charge >= 0.3 is 5.97 Å². The van der Waals surface area contributed by atoms with Crippen molar-refractivity contribution in [1.29, 1.82) is 0 Å². The molecule has 0 aliphatic carbocycles. The van der Waals surface area contributed by atoms with Gasteiger partial charge in [0.15, 0.2) is 0 Å². The van der Waals surface area contributed by atoms with Gasteiger partial charge in [0.05, 0.1) is 6.61 Å². The zero-order valence-electron chi connectivity index (χ0n) is 7.10. The summed E-state index contributed by atoms with van der Waals surface area (Å²) in [5.41, 5.74) is 0. The van der Waals surface area contributed by atoms with Crippen LogP contribution in [0, 0.1) is 5.92 Å². The zero-order chi connectivity index (χ0) is 8.69. The maximum Gasteiger partial charge on any atom is 0.305 e. The molecule has 0 aliphatic rings. The largest absolute Gasteiger partial charge is 0.465 e. The van der Waals surface area contributed by atoms with Gasteiger partial charge in [0.25, 0.3) is 0 Å². The molecule has 0 fully saturated rings. The van der Waals surface area contributed by atoms with Gasteiger partial charge in [0.2, 0.25) is 0 Å². The highest BCUT2D eigenvalue weighted by atomic mass is 35.5.